The van der Waals surface area contributed by atoms with Crippen LogP contribution in [0, 0.1) is 0 Å². The van der Waals surface area contributed by atoms with Crippen molar-refractivity contribution >= 4 is 41.2 Å². The molecule has 0 aliphatic carbocycles. The lowest BCUT2D eigenvalue weighted by atomic mass is 10.3. The lowest BCUT2D eigenvalue weighted by Gasteiger charge is -2.20. The Morgan fingerprint density at radius 1 is 1.06 bits per heavy atom. The van der Waals surface area contributed by atoms with Gasteiger partial charge in [0.25, 0.3) is 11.8 Å². The molecule has 1 aromatic carbocycles. The van der Waals surface area contributed by atoms with Crippen LogP contribution in [0.4, 0.5) is 4.79 Å². The third-order valence-electron chi connectivity index (χ3n) is 2.03. The Labute approximate surface area is 106 Å². The molecule has 0 radical (unpaired) electrons. The number of imide groups is 2. The van der Waals surface area contributed by atoms with Crippen molar-refractivity contribution in [3.63, 3.8) is 0 Å². The molecule has 88 valence electrons. The third kappa shape index (κ3) is 2.59. The fourth-order valence-corrected chi connectivity index (χ4v) is 2.47. The summed E-state index contributed by atoms with van der Waals surface area (Å²) in [4.78, 5) is 34.4. The molecule has 1 aromatic rings. The highest BCUT2D eigenvalue weighted by Crippen LogP contribution is 2.30. The van der Waals surface area contributed by atoms with E-state index < -0.39 is 23.1 Å². The number of nitrogens with one attached hydrogen (secondary N) is 2. The lowest BCUT2D eigenvalue weighted by molar-refractivity contribution is -0.128. The number of amides is 4. The first-order valence-electron chi connectivity index (χ1n) is 4.65. The van der Waals surface area contributed by atoms with Crippen molar-refractivity contribution < 1.29 is 14.4 Å². The molecular weight excluding hydrogens is 264 g/mol. The number of halogens is 1. The maximum absolute atomic E-state index is 11.5. The monoisotopic (exact) mass is 270 g/mol. The summed E-state index contributed by atoms with van der Waals surface area (Å²) in [5.41, 5.74) is 0. The normalized spacial score (nSPS) is 16.6. The van der Waals surface area contributed by atoms with Crippen LogP contribution in [0.5, 0.6) is 0 Å². The molecule has 7 heteroatoms. The molecule has 0 spiro atoms. The molecule has 1 fully saturated rings. The first kappa shape index (κ1) is 11.9. The van der Waals surface area contributed by atoms with Crippen molar-refractivity contribution in [1.29, 1.82) is 0 Å². The van der Waals surface area contributed by atoms with Gasteiger partial charge in [0.2, 0.25) is 0 Å². The molecule has 0 unspecified atom stereocenters. The smallest absolute Gasteiger partial charge is 0.276 e. The molecule has 0 saturated carbocycles. The average Bonchev–Trinajstić information content (AvgIpc) is 2.25. The highest BCUT2D eigenvalue weighted by Gasteiger charge is 2.35. The van der Waals surface area contributed by atoms with Crippen LogP contribution >= 0.6 is 23.4 Å². The molecule has 2 N–H and O–H groups in total. The van der Waals surface area contributed by atoms with Crippen LogP contribution in [0.3, 0.4) is 0 Å². The van der Waals surface area contributed by atoms with Gasteiger partial charge in [-0.1, -0.05) is 23.7 Å². The summed E-state index contributed by atoms with van der Waals surface area (Å²) in [6.07, 6.45) is 0. The molecule has 0 atom stereocenters. The van der Waals surface area contributed by atoms with E-state index in [0.717, 1.165) is 11.8 Å². The zero-order chi connectivity index (χ0) is 12.4. The molecule has 5 nitrogen and oxygen atoms in total. The number of rotatable bonds is 2. The lowest BCUT2D eigenvalue weighted by Crippen LogP contribution is -2.57. The van der Waals surface area contributed by atoms with Crippen molar-refractivity contribution in [2.75, 3.05) is 0 Å². The molecule has 1 aliphatic rings. The van der Waals surface area contributed by atoms with Gasteiger partial charge in [-0.25, -0.2) is 4.79 Å². The van der Waals surface area contributed by atoms with Gasteiger partial charge < -0.3 is 0 Å². The molecule has 1 saturated heterocycles. The minimum atomic E-state index is -1.01. The fraction of sp³-hybridized carbons (Fsp3) is 0.100. The van der Waals surface area contributed by atoms with Gasteiger partial charge in [-0.15, -0.1) is 11.8 Å². The Bertz CT molecular complexity index is 486. The number of benzene rings is 1. The number of carbonyl (C=O) groups is 3. The zero-order valence-corrected chi connectivity index (χ0v) is 9.97. The van der Waals surface area contributed by atoms with E-state index >= 15 is 0 Å². The number of hydrogen-bond acceptors (Lipinski definition) is 4. The Kier molecular flexibility index (Phi) is 3.35. The second-order valence-corrected chi connectivity index (χ2v) is 4.79. The van der Waals surface area contributed by atoms with Gasteiger partial charge in [0.1, 0.15) is 0 Å². The van der Waals surface area contributed by atoms with E-state index in [1.54, 1.807) is 24.3 Å². The molecule has 1 heterocycles. The van der Waals surface area contributed by atoms with Crippen molar-refractivity contribution in [1.82, 2.24) is 10.6 Å². The summed E-state index contributed by atoms with van der Waals surface area (Å²) in [6, 6.07) is 6.06. The highest BCUT2D eigenvalue weighted by molar-refractivity contribution is 8.01. The van der Waals surface area contributed by atoms with Crippen LogP contribution in [0.1, 0.15) is 0 Å². The van der Waals surface area contributed by atoms with Crippen molar-refractivity contribution in [2.45, 2.75) is 10.1 Å². The Morgan fingerprint density at radius 2 is 1.65 bits per heavy atom. The Balaban J connectivity index is 2.19. The summed E-state index contributed by atoms with van der Waals surface area (Å²) in [6.45, 7) is 0. The van der Waals surface area contributed by atoms with Gasteiger partial charge in [-0.2, -0.15) is 0 Å². The van der Waals surface area contributed by atoms with Gasteiger partial charge in [-0.3, -0.25) is 20.2 Å². The largest absolute Gasteiger partial charge is 0.328 e. The predicted octanol–water partition coefficient (Wildman–Crippen LogP) is 1.17. The summed E-state index contributed by atoms with van der Waals surface area (Å²) < 4.78 is 0. The van der Waals surface area contributed by atoms with Gasteiger partial charge in [-0.05, 0) is 12.1 Å². The molecule has 1 aliphatic heterocycles. The maximum Gasteiger partial charge on any atom is 0.328 e. The summed E-state index contributed by atoms with van der Waals surface area (Å²) in [7, 11) is 0. The van der Waals surface area contributed by atoms with Crippen LogP contribution in [0.25, 0.3) is 0 Å². The fourth-order valence-electron chi connectivity index (χ4n) is 1.28. The van der Waals surface area contributed by atoms with Crippen molar-refractivity contribution in [3.8, 4) is 0 Å². The van der Waals surface area contributed by atoms with Crippen LogP contribution in [0.2, 0.25) is 5.02 Å². The molecule has 2 rings (SSSR count). The van der Waals surface area contributed by atoms with Crippen molar-refractivity contribution in [2.24, 2.45) is 0 Å². The number of barbiturate groups is 1. The van der Waals surface area contributed by atoms with Crippen LogP contribution in [0.15, 0.2) is 29.2 Å². The predicted molar refractivity (Wildman–Crippen MR) is 62.8 cm³/mol. The summed E-state index contributed by atoms with van der Waals surface area (Å²) in [5, 5.41) is 3.50. The summed E-state index contributed by atoms with van der Waals surface area (Å²) in [5.74, 6) is -1.27. The van der Waals surface area contributed by atoms with E-state index in [1.165, 1.54) is 0 Å². The maximum atomic E-state index is 11.5. The Morgan fingerprint density at radius 3 is 2.24 bits per heavy atom. The van der Waals surface area contributed by atoms with E-state index in [-0.39, 0.29) is 0 Å². The van der Waals surface area contributed by atoms with E-state index in [0.29, 0.717) is 9.92 Å². The standard InChI is InChI=1S/C10H7ClN2O3S/c11-5-3-1-2-4-6(5)17-7-8(14)12-10(16)13-9(7)15/h1-4,7H,(H2,12,13,14,15,16). The van der Waals surface area contributed by atoms with Gasteiger partial charge in [0.05, 0.1) is 5.02 Å². The van der Waals surface area contributed by atoms with Gasteiger partial charge >= 0.3 is 6.03 Å². The average molecular weight is 271 g/mol. The van der Waals surface area contributed by atoms with Crippen molar-refractivity contribution in [3.05, 3.63) is 29.3 Å². The molecular formula is C10H7ClN2O3S. The van der Waals surface area contributed by atoms with E-state index in [2.05, 4.69) is 0 Å². The molecule has 0 aromatic heterocycles. The first-order chi connectivity index (χ1) is 8.08. The van der Waals surface area contributed by atoms with E-state index in [1.807, 2.05) is 10.6 Å². The van der Waals surface area contributed by atoms with Crippen LogP contribution < -0.4 is 10.6 Å². The van der Waals surface area contributed by atoms with E-state index in [9.17, 15) is 14.4 Å². The molecule has 4 amide bonds. The highest BCUT2D eigenvalue weighted by atomic mass is 35.5. The minimum absolute atomic E-state index is 0.454. The SMILES string of the molecule is O=C1NC(=O)C(Sc2ccccc2Cl)C(=O)N1. The number of carbonyl (C=O) groups excluding carboxylic acids is 3. The second kappa shape index (κ2) is 4.77. The molecule has 17 heavy (non-hydrogen) atoms. The Hall–Kier alpha value is -1.53. The molecule has 0 bridgehead atoms. The van der Waals surface area contributed by atoms with Gasteiger partial charge in [0.15, 0.2) is 5.25 Å². The van der Waals surface area contributed by atoms with E-state index in [4.69, 9.17) is 11.6 Å². The quantitative estimate of drug-likeness (QED) is 0.791. The third-order valence-corrected chi connectivity index (χ3v) is 3.75. The second-order valence-electron chi connectivity index (χ2n) is 3.24. The van der Waals surface area contributed by atoms with Gasteiger partial charge in [0, 0.05) is 4.90 Å². The number of urea groups is 1. The topological polar surface area (TPSA) is 75.3 Å². The zero-order valence-electron chi connectivity index (χ0n) is 8.40. The first-order valence-corrected chi connectivity index (χ1v) is 5.90. The number of thioether (sulfide) groups is 1. The number of hydrogen-bond donors (Lipinski definition) is 2. The van der Waals surface area contributed by atoms with Crippen LogP contribution in [-0.2, 0) is 9.59 Å². The van der Waals surface area contributed by atoms with Crippen LogP contribution in [-0.4, -0.2) is 23.1 Å². The minimum Gasteiger partial charge on any atom is -0.276 e. The summed E-state index contributed by atoms with van der Waals surface area (Å²) >= 11 is 6.92.